The number of rotatable bonds is 5. The third kappa shape index (κ3) is 3.69. The molecule has 0 aliphatic carbocycles. The van der Waals surface area contributed by atoms with Crippen LogP contribution in [-0.2, 0) is 11.2 Å². The van der Waals surface area contributed by atoms with Crippen LogP contribution in [0.4, 0.5) is 5.82 Å². The van der Waals surface area contributed by atoms with Gasteiger partial charge in [-0.3, -0.25) is 4.79 Å². The molecule has 5 nitrogen and oxygen atoms in total. The van der Waals surface area contributed by atoms with E-state index in [2.05, 4.69) is 15.3 Å². The first-order chi connectivity index (χ1) is 7.85. The Balaban J connectivity index is 2.76. The third-order valence-corrected chi connectivity index (χ3v) is 2.63. The SMILES string of the molecule is CCc1cc(NCC(C)(C)C(N)=O)nc(C)n1. The van der Waals surface area contributed by atoms with E-state index in [0.29, 0.717) is 6.54 Å². The van der Waals surface area contributed by atoms with E-state index >= 15 is 0 Å². The molecule has 0 saturated carbocycles. The highest BCUT2D eigenvalue weighted by Gasteiger charge is 2.24. The third-order valence-electron chi connectivity index (χ3n) is 2.63. The largest absolute Gasteiger partial charge is 0.369 e. The second kappa shape index (κ2) is 5.12. The number of carbonyl (C=O) groups excluding carboxylic acids is 1. The van der Waals surface area contributed by atoms with Gasteiger partial charge in [0.05, 0.1) is 5.41 Å². The van der Waals surface area contributed by atoms with Gasteiger partial charge in [-0.2, -0.15) is 0 Å². The summed E-state index contributed by atoms with van der Waals surface area (Å²) in [6.07, 6.45) is 0.858. The second-order valence-electron chi connectivity index (χ2n) is 4.75. The minimum Gasteiger partial charge on any atom is -0.369 e. The Kier molecular flexibility index (Phi) is 4.04. The van der Waals surface area contributed by atoms with E-state index in [0.717, 1.165) is 23.8 Å². The monoisotopic (exact) mass is 236 g/mol. The van der Waals surface area contributed by atoms with E-state index in [1.165, 1.54) is 0 Å². The van der Waals surface area contributed by atoms with Gasteiger partial charge in [0.2, 0.25) is 5.91 Å². The highest BCUT2D eigenvalue weighted by molar-refractivity contribution is 5.80. The number of hydrogen-bond donors (Lipinski definition) is 2. The van der Waals surface area contributed by atoms with Gasteiger partial charge in [-0.05, 0) is 27.2 Å². The number of nitrogens with zero attached hydrogens (tertiary/aromatic N) is 2. The van der Waals surface area contributed by atoms with Crippen molar-refractivity contribution in [1.29, 1.82) is 0 Å². The van der Waals surface area contributed by atoms with Crippen molar-refractivity contribution in [3.63, 3.8) is 0 Å². The first kappa shape index (κ1) is 13.4. The lowest BCUT2D eigenvalue weighted by Crippen LogP contribution is -2.37. The highest BCUT2D eigenvalue weighted by Crippen LogP contribution is 2.15. The molecule has 0 bridgehead atoms. The summed E-state index contributed by atoms with van der Waals surface area (Å²) in [5.41, 5.74) is 5.70. The number of primary amides is 1. The molecular weight excluding hydrogens is 216 g/mol. The Morgan fingerprint density at radius 1 is 1.47 bits per heavy atom. The van der Waals surface area contributed by atoms with Crippen LogP contribution in [0.25, 0.3) is 0 Å². The number of carbonyl (C=O) groups is 1. The Labute approximate surface area is 102 Å². The summed E-state index contributed by atoms with van der Waals surface area (Å²) >= 11 is 0. The Bertz CT molecular complexity index is 415. The maximum atomic E-state index is 11.2. The number of anilines is 1. The molecule has 0 aliphatic heterocycles. The standard InChI is InChI=1S/C12H20N4O/c1-5-9-6-10(16-8(2)15-9)14-7-12(3,4)11(13)17/h6H,5,7H2,1-4H3,(H2,13,17)(H,14,15,16). The molecule has 5 heteroatoms. The van der Waals surface area contributed by atoms with Crippen molar-refractivity contribution in [2.45, 2.75) is 34.1 Å². The van der Waals surface area contributed by atoms with E-state index in [1.807, 2.05) is 19.9 Å². The average Bonchev–Trinajstić information content (AvgIpc) is 2.25. The van der Waals surface area contributed by atoms with E-state index in [-0.39, 0.29) is 5.91 Å². The van der Waals surface area contributed by atoms with E-state index in [1.54, 1.807) is 13.8 Å². The number of amides is 1. The summed E-state index contributed by atoms with van der Waals surface area (Å²) in [6.45, 7) is 7.96. The summed E-state index contributed by atoms with van der Waals surface area (Å²) in [5, 5.41) is 3.13. The summed E-state index contributed by atoms with van der Waals surface area (Å²) < 4.78 is 0. The zero-order valence-corrected chi connectivity index (χ0v) is 10.9. The Hall–Kier alpha value is -1.65. The number of aromatic nitrogens is 2. The van der Waals surface area contributed by atoms with Crippen molar-refractivity contribution in [2.75, 3.05) is 11.9 Å². The van der Waals surface area contributed by atoms with Crippen LogP contribution in [0, 0.1) is 12.3 Å². The molecule has 3 N–H and O–H groups in total. The van der Waals surface area contributed by atoms with Gasteiger partial charge in [-0.25, -0.2) is 9.97 Å². The quantitative estimate of drug-likeness (QED) is 0.806. The lowest BCUT2D eigenvalue weighted by atomic mass is 9.93. The average molecular weight is 236 g/mol. The molecule has 94 valence electrons. The van der Waals surface area contributed by atoms with Crippen LogP contribution < -0.4 is 11.1 Å². The van der Waals surface area contributed by atoms with Crippen molar-refractivity contribution in [1.82, 2.24) is 9.97 Å². The van der Waals surface area contributed by atoms with Gasteiger partial charge < -0.3 is 11.1 Å². The second-order valence-corrected chi connectivity index (χ2v) is 4.75. The van der Waals surface area contributed by atoms with Crippen molar-refractivity contribution in [3.8, 4) is 0 Å². The van der Waals surface area contributed by atoms with Crippen LogP contribution in [0.3, 0.4) is 0 Å². The molecule has 0 fully saturated rings. The van der Waals surface area contributed by atoms with Crippen molar-refractivity contribution < 1.29 is 4.79 Å². The molecule has 1 aromatic heterocycles. The highest BCUT2D eigenvalue weighted by atomic mass is 16.1. The predicted molar refractivity (Wildman–Crippen MR) is 67.6 cm³/mol. The molecular formula is C12H20N4O. The maximum Gasteiger partial charge on any atom is 0.224 e. The van der Waals surface area contributed by atoms with Gasteiger partial charge in [0, 0.05) is 18.3 Å². The number of nitrogens with one attached hydrogen (secondary N) is 1. The smallest absolute Gasteiger partial charge is 0.224 e. The van der Waals surface area contributed by atoms with Gasteiger partial charge in [0.25, 0.3) is 0 Å². The van der Waals surface area contributed by atoms with Crippen LogP contribution in [0.15, 0.2) is 6.07 Å². The zero-order chi connectivity index (χ0) is 13.1. The fourth-order valence-corrected chi connectivity index (χ4v) is 1.30. The summed E-state index contributed by atoms with van der Waals surface area (Å²) in [7, 11) is 0. The van der Waals surface area contributed by atoms with Crippen LogP contribution in [0.5, 0.6) is 0 Å². The molecule has 0 saturated heterocycles. The summed E-state index contributed by atoms with van der Waals surface area (Å²) in [4.78, 5) is 19.7. The molecule has 0 atom stereocenters. The molecule has 0 aliphatic rings. The fraction of sp³-hybridized carbons (Fsp3) is 0.583. The number of hydrogen-bond acceptors (Lipinski definition) is 4. The van der Waals surface area contributed by atoms with Gasteiger partial charge in [0.1, 0.15) is 11.6 Å². The van der Waals surface area contributed by atoms with E-state index in [4.69, 9.17) is 5.73 Å². The summed E-state index contributed by atoms with van der Waals surface area (Å²) in [6, 6.07) is 1.89. The van der Waals surface area contributed by atoms with E-state index < -0.39 is 5.41 Å². The van der Waals surface area contributed by atoms with Crippen LogP contribution in [-0.4, -0.2) is 22.4 Å². The van der Waals surface area contributed by atoms with Gasteiger partial charge in [-0.1, -0.05) is 6.92 Å². The fourth-order valence-electron chi connectivity index (χ4n) is 1.30. The number of aryl methyl sites for hydroxylation is 2. The minimum atomic E-state index is -0.592. The molecule has 1 amide bonds. The van der Waals surface area contributed by atoms with Crippen LogP contribution >= 0.6 is 0 Å². The van der Waals surface area contributed by atoms with E-state index in [9.17, 15) is 4.79 Å². The van der Waals surface area contributed by atoms with Gasteiger partial charge >= 0.3 is 0 Å². The maximum absolute atomic E-state index is 11.2. The molecule has 1 rings (SSSR count). The number of nitrogens with two attached hydrogens (primary N) is 1. The Morgan fingerprint density at radius 3 is 2.65 bits per heavy atom. The summed E-state index contributed by atoms with van der Waals surface area (Å²) in [5.74, 6) is 1.14. The Morgan fingerprint density at radius 2 is 2.12 bits per heavy atom. The van der Waals surface area contributed by atoms with Crippen molar-refractivity contribution in [3.05, 3.63) is 17.6 Å². The zero-order valence-electron chi connectivity index (χ0n) is 10.9. The van der Waals surface area contributed by atoms with Gasteiger partial charge in [0.15, 0.2) is 0 Å². The molecule has 17 heavy (non-hydrogen) atoms. The minimum absolute atomic E-state index is 0.327. The van der Waals surface area contributed by atoms with Crippen molar-refractivity contribution in [2.24, 2.45) is 11.1 Å². The predicted octanol–water partition coefficient (Wildman–Crippen LogP) is 1.27. The lowest BCUT2D eigenvalue weighted by Gasteiger charge is -2.21. The first-order valence-corrected chi connectivity index (χ1v) is 5.73. The lowest BCUT2D eigenvalue weighted by molar-refractivity contribution is -0.125. The molecule has 0 spiro atoms. The van der Waals surface area contributed by atoms with Gasteiger partial charge in [-0.15, -0.1) is 0 Å². The molecule has 1 aromatic rings. The molecule has 1 heterocycles. The van der Waals surface area contributed by atoms with Crippen LogP contribution in [0.1, 0.15) is 32.3 Å². The molecule has 0 radical (unpaired) electrons. The molecule has 0 aromatic carbocycles. The topological polar surface area (TPSA) is 80.9 Å². The molecule has 0 unspecified atom stereocenters. The normalized spacial score (nSPS) is 11.3. The van der Waals surface area contributed by atoms with Crippen LogP contribution in [0.2, 0.25) is 0 Å². The first-order valence-electron chi connectivity index (χ1n) is 5.73. The van der Waals surface area contributed by atoms with Crippen molar-refractivity contribution >= 4 is 11.7 Å².